The quantitative estimate of drug-likeness (QED) is 0.449. The summed E-state index contributed by atoms with van der Waals surface area (Å²) in [4.78, 5) is 30.6. The number of hydrogen-bond donors (Lipinski definition) is 2. The van der Waals surface area contributed by atoms with Crippen LogP contribution in [0.2, 0.25) is 0 Å². The fourth-order valence-corrected chi connectivity index (χ4v) is 5.64. The fourth-order valence-electron chi connectivity index (χ4n) is 5.07. The first-order valence-corrected chi connectivity index (χ1v) is 13.5. The molecule has 2 saturated heterocycles. The summed E-state index contributed by atoms with van der Waals surface area (Å²) in [6, 6.07) is 0. The van der Waals surface area contributed by atoms with Crippen molar-refractivity contribution in [3.63, 3.8) is 0 Å². The zero-order valence-corrected chi connectivity index (χ0v) is 22.9. The third-order valence-corrected chi connectivity index (χ3v) is 8.72. The molecule has 0 aliphatic carbocycles. The number of Topliss-reactive ketones (excluding diaryl/α,β-unsaturated/α-hetero) is 1. The first-order chi connectivity index (χ1) is 16.2. The third kappa shape index (κ3) is 6.59. The van der Waals surface area contributed by atoms with Crippen molar-refractivity contribution in [2.75, 3.05) is 0 Å². The molecule has 2 N–H and O–H groups in total. The van der Waals surface area contributed by atoms with Gasteiger partial charge in [-0.3, -0.25) is 9.59 Å². The standard InChI is InChI=1S/C27H41NO6S/c1-15-9-8-10-27(7)22(34-27)12-20(16(2)11-19-14-35-18(4)28-19)33-23(30)13-21(29)26(5,6)25(32)17(3)24(15)31/h11,14-15,17,20-22,24,29,31H,8-10,12-13H2,1-7H3/t15-,17+,20-,21-,22?,24-,27-/m0/s1. The second-order valence-electron chi connectivity index (χ2n) is 11.3. The molecule has 1 unspecified atom stereocenters. The van der Waals surface area contributed by atoms with Crippen LogP contribution in [0, 0.1) is 24.2 Å². The van der Waals surface area contributed by atoms with E-state index in [-0.39, 0.29) is 29.8 Å². The molecule has 35 heavy (non-hydrogen) atoms. The van der Waals surface area contributed by atoms with E-state index in [4.69, 9.17) is 9.47 Å². The number of ketones is 1. The molecule has 8 heteroatoms. The van der Waals surface area contributed by atoms with Crippen molar-refractivity contribution in [2.24, 2.45) is 17.3 Å². The predicted molar refractivity (Wildman–Crippen MR) is 136 cm³/mol. The highest BCUT2D eigenvalue weighted by Gasteiger charge is 2.53. The summed E-state index contributed by atoms with van der Waals surface area (Å²) >= 11 is 1.56. The van der Waals surface area contributed by atoms with Crippen LogP contribution >= 0.6 is 11.3 Å². The minimum atomic E-state index is -1.23. The number of aromatic nitrogens is 1. The van der Waals surface area contributed by atoms with Crippen LogP contribution in [-0.2, 0) is 19.1 Å². The molecule has 1 aromatic rings. The number of aryl methyl sites for hydroxylation is 1. The number of ether oxygens (including phenoxy) is 2. The van der Waals surface area contributed by atoms with Crippen molar-refractivity contribution in [1.82, 2.24) is 4.98 Å². The van der Waals surface area contributed by atoms with Crippen LogP contribution < -0.4 is 0 Å². The summed E-state index contributed by atoms with van der Waals surface area (Å²) in [5.74, 6) is -1.55. The summed E-state index contributed by atoms with van der Waals surface area (Å²) < 4.78 is 11.9. The lowest BCUT2D eigenvalue weighted by Gasteiger charge is -2.34. The number of carbonyl (C=O) groups is 2. The van der Waals surface area contributed by atoms with Gasteiger partial charge in [0.1, 0.15) is 11.9 Å². The Hall–Kier alpha value is -1.61. The number of fused-ring (bicyclic) bond motifs is 1. The average molecular weight is 508 g/mol. The van der Waals surface area contributed by atoms with Crippen LogP contribution in [0.4, 0.5) is 0 Å². The second kappa shape index (κ2) is 10.8. The van der Waals surface area contributed by atoms with Crippen LogP contribution in [0.25, 0.3) is 6.08 Å². The van der Waals surface area contributed by atoms with E-state index in [9.17, 15) is 19.8 Å². The molecule has 2 aliphatic rings. The van der Waals surface area contributed by atoms with Gasteiger partial charge in [0.05, 0.1) is 46.5 Å². The van der Waals surface area contributed by atoms with E-state index in [0.717, 1.165) is 35.5 Å². The van der Waals surface area contributed by atoms with Gasteiger partial charge < -0.3 is 19.7 Å². The molecule has 0 spiro atoms. The monoisotopic (exact) mass is 507 g/mol. The lowest BCUT2D eigenvalue weighted by Crippen LogP contribution is -2.45. The Morgan fingerprint density at radius 1 is 1.23 bits per heavy atom. The molecule has 0 aromatic carbocycles. The van der Waals surface area contributed by atoms with Crippen molar-refractivity contribution in [2.45, 2.75) is 111 Å². The van der Waals surface area contributed by atoms with Gasteiger partial charge in [0.25, 0.3) is 0 Å². The van der Waals surface area contributed by atoms with E-state index in [0.29, 0.717) is 6.42 Å². The highest BCUT2D eigenvalue weighted by molar-refractivity contribution is 7.09. The lowest BCUT2D eigenvalue weighted by atomic mass is 9.73. The summed E-state index contributed by atoms with van der Waals surface area (Å²) in [6.07, 6.45) is 1.98. The molecule has 3 rings (SSSR count). The Morgan fingerprint density at radius 2 is 1.91 bits per heavy atom. The van der Waals surface area contributed by atoms with Gasteiger partial charge in [-0.1, -0.05) is 34.1 Å². The van der Waals surface area contributed by atoms with Crippen LogP contribution in [0.15, 0.2) is 11.0 Å². The van der Waals surface area contributed by atoms with Gasteiger partial charge >= 0.3 is 5.97 Å². The van der Waals surface area contributed by atoms with E-state index in [1.54, 1.807) is 32.1 Å². The Morgan fingerprint density at radius 3 is 2.54 bits per heavy atom. The second-order valence-corrected chi connectivity index (χ2v) is 12.3. The number of aliphatic hydroxyl groups is 2. The van der Waals surface area contributed by atoms with Crippen molar-refractivity contribution >= 4 is 29.2 Å². The average Bonchev–Trinajstić information content (AvgIpc) is 3.22. The minimum Gasteiger partial charge on any atom is -0.458 e. The molecule has 2 aliphatic heterocycles. The van der Waals surface area contributed by atoms with E-state index >= 15 is 0 Å². The molecule has 1 aromatic heterocycles. The van der Waals surface area contributed by atoms with Crippen LogP contribution in [0.1, 0.15) is 84.3 Å². The predicted octanol–water partition coefficient (Wildman–Crippen LogP) is 4.48. The Bertz CT molecular complexity index is 955. The first-order valence-electron chi connectivity index (χ1n) is 12.6. The number of hydrogen-bond acceptors (Lipinski definition) is 8. The molecule has 3 heterocycles. The number of thiazole rings is 1. The molecule has 7 nitrogen and oxygen atoms in total. The van der Waals surface area contributed by atoms with Crippen LogP contribution in [-0.4, -0.2) is 57.0 Å². The molecule has 2 fully saturated rings. The first kappa shape index (κ1) is 28.0. The Balaban J connectivity index is 1.85. The van der Waals surface area contributed by atoms with E-state index in [1.807, 2.05) is 32.2 Å². The number of epoxide rings is 1. The highest BCUT2D eigenvalue weighted by atomic mass is 32.1. The minimum absolute atomic E-state index is 0.0455. The summed E-state index contributed by atoms with van der Waals surface area (Å²) in [5, 5.41) is 24.6. The maximum atomic E-state index is 13.2. The maximum absolute atomic E-state index is 13.2. The van der Waals surface area contributed by atoms with Gasteiger partial charge in [0.2, 0.25) is 0 Å². The van der Waals surface area contributed by atoms with Crippen LogP contribution in [0.3, 0.4) is 0 Å². The van der Waals surface area contributed by atoms with Crippen molar-refractivity contribution < 1.29 is 29.3 Å². The van der Waals surface area contributed by atoms with Crippen molar-refractivity contribution in [3.8, 4) is 0 Å². The summed E-state index contributed by atoms with van der Waals surface area (Å²) in [5.41, 5.74) is 0.179. The number of carbonyl (C=O) groups excluding carboxylic acids is 2. The molecule has 0 saturated carbocycles. The zero-order valence-electron chi connectivity index (χ0n) is 22.0. The van der Waals surface area contributed by atoms with E-state index in [2.05, 4.69) is 11.9 Å². The van der Waals surface area contributed by atoms with Gasteiger partial charge in [-0.25, -0.2) is 4.98 Å². The number of aliphatic hydroxyl groups excluding tert-OH is 2. The van der Waals surface area contributed by atoms with E-state index < -0.39 is 35.6 Å². The number of nitrogens with zero attached hydrogens (tertiary/aromatic N) is 1. The summed E-state index contributed by atoms with van der Waals surface area (Å²) in [7, 11) is 0. The van der Waals surface area contributed by atoms with Gasteiger partial charge in [-0.2, -0.15) is 0 Å². The molecular weight excluding hydrogens is 466 g/mol. The zero-order chi connectivity index (χ0) is 26.1. The molecule has 7 atom stereocenters. The maximum Gasteiger partial charge on any atom is 0.309 e. The Kier molecular flexibility index (Phi) is 8.62. The topological polar surface area (TPSA) is 109 Å². The molecule has 196 valence electrons. The normalized spacial score (nSPS) is 37.5. The Labute approximate surface area is 212 Å². The smallest absolute Gasteiger partial charge is 0.309 e. The number of esters is 1. The number of cyclic esters (lactones) is 1. The van der Waals surface area contributed by atoms with Crippen LogP contribution in [0.5, 0.6) is 0 Å². The highest BCUT2D eigenvalue weighted by Crippen LogP contribution is 2.45. The SMILES string of the molecule is CC(=Cc1csc(C)n1)[C@@H]1CC2O[C@@]2(C)CCC[C@H](C)[C@H](O)[C@@H](C)C(=O)C(C)(C)[C@@H](O)CC(=O)O1. The molecule has 0 amide bonds. The molecule has 0 radical (unpaired) electrons. The molecular formula is C27H41NO6S. The molecule has 0 bridgehead atoms. The van der Waals surface area contributed by atoms with Gasteiger partial charge in [-0.05, 0) is 51.2 Å². The lowest BCUT2D eigenvalue weighted by molar-refractivity contribution is -0.154. The summed E-state index contributed by atoms with van der Waals surface area (Å²) in [6.45, 7) is 12.8. The van der Waals surface area contributed by atoms with E-state index in [1.165, 1.54) is 0 Å². The fraction of sp³-hybridized carbons (Fsp3) is 0.741. The van der Waals surface area contributed by atoms with Crippen molar-refractivity contribution in [1.29, 1.82) is 0 Å². The largest absolute Gasteiger partial charge is 0.458 e. The van der Waals surface area contributed by atoms with Gasteiger partial charge in [0, 0.05) is 17.7 Å². The van der Waals surface area contributed by atoms with Gasteiger partial charge in [-0.15, -0.1) is 11.3 Å². The number of rotatable bonds is 2. The van der Waals surface area contributed by atoms with Crippen molar-refractivity contribution in [3.05, 3.63) is 21.7 Å². The third-order valence-electron chi connectivity index (χ3n) is 7.93. The van der Waals surface area contributed by atoms with Gasteiger partial charge in [0.15, 0.2) is 0 Å².